The maximum absolute atomic E-state index is 12.4. The van der Waals surface area contributed by atoms with Gasteiger partial charge < -0.3 is 24.8 Å². The quantitative estimate of drug-likeness (QED) is 0.776. The molecule has 2 aromatic rings. The lowest BCUT2D eigenvalue weighted by molar-refractivity contribution is -0.129. The molecule has 3 amide bonds. The van der Waals surface area contributed by atoms with Crippen molar-refractivity contribution in [1.29, 1.82) is 0 Å². The van der Waals surface area contributed by atoms with E-state index >= 15 is 0 Å². The minimum atomic E-state index is -0.229. The average Bonchev–Trinajstić information content (AvgIpc) is 3.09. The minimum absolute atomic E-state index is 0.0342. The zero-order valence-electron chi connectivity index (χ0n) is 17.7. The second-order valence-corrected chi connectivity index (χ2v) is 8.22. The molecule has 8 nitrogen and oxygen atoms in total. The molecule has 158 valence electrons. The maximum Gasteiger partial charge on any atom is 0.319 e. The van der Waals surface area contributed by atoms with Crippen LogP contribution < -0.4 is 10.6 Å². The van der Waals surface area contributed by atoms with Crippen LogP contribution in [0.3, 0.4) is 0 Å². The summed E-state index contributed by atoms with van der Waals surface area (Å²) in [6.45, 7) is 8.31. The third-order valence-corrected chi connectivity index (χ3v) is 5.38. The largest absolute Gasteiger partial charge is 0.379 e. The average molecular weight is 402 g/mol. The highest BCUT2D eigenvalue weighted by atomic mass is 16.5. The molecule has 1 saturated heterocycles. The highest BCUT2D eigenvalue weighted by molar-refractivity contribution is 5.93. The standard InChI is InChI=1S/C21H31N5O3/c1-21(2,26-9-11-29-12-10-26)15-22-20(28)23-17-5-6-18-16(13-17)7-8-25(18)14-19(27)24(3)4/h5-8,13H,9-12,14-15H2,1-4H3,(H2,22,23,28). The number of anilines is 1. The summed E-state index contributed by atoms with van der Waals surface area (Å²) in [7, 11) is 3.49. The number of benzene rings is 1. The van der Waals surface area contributed by atoms with Crippen molar-refractivity contribution in [2.75, 3.05) is 52.3 Å². The molecule has 0 atom stereocenters. The van der Waals surface area contributed by atoms with Gasteiger partial charge in [-0.3, -0.25) is 9.69 Å². The maximum atomic E-state index is 12.4. The zero-order valence-corrected chi connectivity index (χ0v) is 17.7. The molecule has 0 saturated carbocycles. The lowest BCUT2D eigenvalue weighted by Gasteiger charge is -2.40. The molecular formula is C21H31N5O3. The van der Waals surface area contributed by atoms with Gasteiger partial charge in [0, 0.05) is 62.1 Å². The van der Waals surface area contributed by atoms with Crippen LogP contribution in [-0.4, -0.2) is 78.8 Å². The Hall–Kier alpha value is -2.58. The number of morpholine rings is 1. The predicted octanol–water partition coefficient (Wildman–Crippen LogP) is 1.96. The first-order valence-corrected chi connectivity index (χ1v) is 9.93. The fourth-order valence-electron chi connectivity index (χ4n) is 3.46. The van der Waals surface area contributed by atoms with Gasteiger partial charge in [-0.15, -0.1) is 0 Å². The molecule has 1 aromatic carbocycles. The van der Waals surface area contributed by atoms with Crippen LogP contribution in [0.4, 0.5) is 10.5 Å². The van der Waals surface area contributed by atoms with E-state index in [1.807, 2.05) is 35.0 Å². The van der Waals surface area contributed by atoms with Gasteiger partial charge in [0.1, 0.15) is 6.54 Å². The summed E-state index contributed by atoms with van der Waals surface area (Å²) in [6.07, 6.45) is 1.89. The van der Waals surface area contributed by atoms with Crippen LogP contribution >= 0.6 is 0 Å². The first kappa shape index (κ1) is 21.1. The molecular weight excluding hydrogens is 370 g/mol. The fourth-order valence-corrected chi connectivity index (χ4v) is 3.46. The van der Waals surface area contributed by atoms with Gasteiger partial charge in [-0.2, -0.15) is 0 Å². The highest BCUT2D eigenvalue weighted by Gasteiger charge is 2.28. The molecule has 0 spiro atoms. The molecule has 3 rings (SSSR count). The molecule has 0 unspecified atom stereocenters. The van der Waals surface area contributed by atoms with E-state index in [4.69, 9.17) is 4.74 Å². The van der Waals surface area contributed by atoms with Gasteiger partial charge in [0.25, 0.3) is 0 Å². The van der Waals surface area contributed by atoms with Gasteiger partial charge in [-0.05, 0) is 38.1 Å². The van der Waals surface area contributed by atoms with Crippen LogP contribution in [-0.2, 0) is 16.1 Å². The Morgan fingerprint density at radius 1 is 1.17 bits per heavy atom. The number of likely N-dealkylation sites (N-methyl/N-ethyl adjacent to an activating group) is 1. The number of ether oxygens (including phenoxy) is 1. The molecule has 8 heteroatoms. The summed E-state index contributed by atoms with van der Waals surface area (Å²) in [5, 5.41) is 6.85. The molecule has 1 aromatic heterocycles. The molecule has 1 fully saturated rings. The van der Waals surface area contributed by atoms with Gasteiger partial charge in [0.15, 0.2) is 0 Å². The van der Waals surface area contributed by atoms with Crippen LogP contribution in [0.5, 0.6) is 0 Å². The van der Waals surface area contributed by atoms with Crippen molar-refractivity contribution < 1.29 is 14.3 Å². The number of hydrogen-bond acceptors (Lipinski definition) is 4. The number of urea groups is 1. The molecule has 0 radical (unpaired) electrons. The summed E-state index contributed by atoms with van der Waals surface area (Å²) in [6, 6.07) is 7.41. The first-order valence-electron chi connectivity index (χ1n) is 9.93. The van der Waals surface area contributed by atoms with Crippen molar-refractivity contribution >= 4 is 28.5 Å². The van der Waals surface area contributed by atoms with Gasteiger partial charge in [0.2, 0.25) is 5.91 Å². The minimum Gasteiger partial charge on any atom is -0.379 e. The number of nitrogens with zero attached hydrogens (tertiary/aromatic N) is 3. The van der Waals surface area contributed by atoms with Crippen molar-refractivity contribution in [3.05, 3.63) is 30.5 Å². The number of carbonyl (C=O) groups is 2. The fraction of sp³-hybridized carbons (Fsp3) is 0.524. The van der Waals surface area contributed by atoms with E-state index in [1.54, 1.807) is 19.0 Å². The molecule has 1 aliphatic heterocycles. The van der Waals surface area contributed by atoms with Gasteiger partial charge in [0.05, 0.1) is 13.2 Å². The van der Waals surface area contributed by atoms with E-state index in [9.17, 15) is 9.59 Å². The lowest BCUT2D eigenvalue weighted by atomic mass is 10.0. The smallest absolute Gasteiger partial charge is 0.319 e. The van der Waals surface area contributed by atoms with E-state index in [1.165, 1.54) is 0 Å². The Bertz CT molecular complexity index is 868. The summed E-state index contributed by atoms with van der Waals surface area (Å²) in [5.74, 6) is 0.0342. The molecule has 29 heavy (non-hydrogen) atoms. The van der Waals surface area contributed by atoms with Gasteiger partial charge in [-0.1, -0.05) is 0 Å². The van der Waals surface area contributed by atoms with Gasteiger partial charge >= 0.3 is 6.03 Å². The van der Waals surface area contributed by atoms with Crippen LogP contribution in [0.1, 0.15) is 13.8 Å². The SMILES string of the molecule is CN(C)C(=O)Cn1ccc2cc(NC(=O)NCC(C)(C)N3CCOCC3)ccc21. The van der Waals surface area contributed by atoms with Crippen molar-refractivity contribution in [2.45, 2.75) is 25.9 Å². The molecule has 1 aliphatic rings. The molecule has 2 N–H and O–H groups in total. The number of rotatable bonds is 6. The second kappa shape index (κ2) is 8.84. The number of hydrogen-bond donors (Lipinski definition) is 2. The normalized spacial score (nSPS) is 15.3. The van der Waals surface area contributed by atoms with E-state index in [-0.39, 0.29) is 17.5 Å². The van der Waals surface area contributed by atoms with Crippen molar-refractivity contribution in [2.24, 2.45) is 0 Å². The topological polar surface area (TPSA) is 78.8 Å². The number of aromatic nitrogens is 1. The lowest BCUT2D eigenvalue weighted by Crippen LogP contribution is -2.55. The predicted molar refractivity (Wildman–Crippen MR) is 114 cm³/mol. The van der Waals surface area contributed by atoms with Crippen LogP contribution in [0.2, 0.25) is 0 Å². The number of carbonyl (C=O) groups excluding carboxylic acids is 2. The van der Waals surface area contributed by atoms with E-state index in [0.29, 0.717) is 13.1 Å². The Balaban J connectivity index is 1.58. The summed E-state index contributed by atoms with van der Waals surface area (Å²) >= 11 is 0. The zero-order chi connectivity index (χ0) is 21.0. The highest BCUT2D eigenvalue weighted by Crippen LogP contribution is 2.21. The number of nitrogens with one attached hydrogen (secondary N) is 2. The van der Waals surface area contributed by atoms with Crippen molar-refractivity contribution in [3.63, 3.8) is 0 Å². The Morgan fingerprint density at radius 2 is 1.90 bits per heavy atom. The summed E-state index contributed by atoms with van der Waals surface area (Å²) < 4.78 is 7.31. The van der Waals surface area contributed by atoms with Gasteiger partial charge in [-0.25, -0.2) is 4.79 Å². The summed E-state index contributed by atoms with van der Waals surface area (Å²) in [4.78, 5) is 28.3. The number of amides is 3. The monoisotopic (exact) mass is 401 g/mol. The van der Waals surface area contributed by atoms with E-state index < -0.39 is 0 Å². The van der Waals surface area contributed by atoms with Crippen molar-refractivity contribution in [1.82, 2.24) is 19.7 Å². The molecule has 0 bridgehead atoms. The summed E-state index contributed by atoms with van der Waals surface area (Å²) in [5.41, 5.74) is 1.54. The van der Waals surface area contributed by atoms with Crippen LogP contribution in [0, 0.1) is 0 Å². The van der Waals surface area contributed by atoms with E-state index in [0.717, 1.165) is 42.9 Å². The third-order valence-electron chi connectivity index (χ3n) is 5.38. The number of fused-ring (bicyclic) bond motifs is 1. The Kier molecular flexibility index (Phi) is 6.44. The second-order valence-electron chi connectivity index (χ2n) is 8.22. The van der Waals surface area contributed by atoms with Crippen LogP contribution in [0.25, 0.3) is 10.9 Å². The first-order chi connectivity index (χ1) is 13.8. The Labute approximate surface area is 171 Å². The van der Waals surface area contributed by atoms with Crippen LogP contribution in [0.15, 0.2) is 30.5 Å². The Morgan fingerprint density at radius 3 is 2.59 bits per heavy atom. The molecule has 0 aliphatic carbocycles. The van der Waals surface area contributed by atoms with Crippen molar-refractivity contribution in [3.8, 4) is 0 Å². The van der Waals surface area contributed by atoms with E-state index in [2.05, 4.69) is 29.4 Å². The third kappa shape index (κ3) is 5.27. The molecule has 2 heterocycles.